The largest absolute Gasteiger partial charge is 0.365 e. The zero-order valence-electron chi connectivity index (χ0n) is 4.70. The lowest BCUT2D eigenvalue weighted by molar-refractivity contribution is 0.257. The van der Waals surface area contributed by atoms with Crippen LogP contribution in [-0.4, -0.2) is 26.7 Å². The van der Waals surface area contributed by atoms with Crippen molar-refractivity contribution in [1.29, 1.82) is 5.53 Å². The molecule has 8 heteroatoms. The molecule has 0 saturated heterocycles. The second-order valence-corrected chi connectivity index (χ2v) is 1.28. The molecule has 1 rings (SSSR count). The number of H-pyrrole nitrogens is 1. The van der Waals surface area contributed by atoms with Gasteiger partial charge in [0.15, 0.2) is 0 Å². The normalized spacial score (nSPS) is 8.80. The van der Waals surface area contributed by atoms with Crippen LogP contribution in [0.1, 0.15) is 0 Å². The first-order chi connectivity index (χ1) is 4.83. The number of urea groups is 1. The number of amides is 2. The van der Waals surface area contributed by atoms with Crippen LogP contribution in [0, 0.1) is 5.53 Å². The summed E-state index contributed by atoms with van der Waals surface area (Å²) >= 11 is 0. The Morgan fingerprint density at radius 2 is 2.60 bits per heavy atom. The molecule has 0 radical (unpaired) electrons. The number of hydrogen-bond donors (Lipinski definition) is 3. The van der Waals surface area contributed by atoms with E-state index in [-0.39, 0.29) is 5.95 Å². The second-order valence-electron chi connectivity index (χ2n) is 1.28. The Morgan fingerprint density at radius 1 is 1.80 bits per heavy atom. The Kier molecular flexibility index (Phi) is 1.64. The van der Waals surface area contributed by atoms with Gasteiger partial charge >= 0.3 is 6.03 Å². The Hall–Kier alpha value is -1.86. The highest BCUT2D eigenvalue weighted by Gasteiger charge is 2.00. The third-order valence-electron chi connectivity index (χ3n) is 0.666. The number of rotatable bonds is 1. The summed E-state index contributed by atoms with van der Waals surface area (Å²) in [7, 11) is 0. The fraction of sp³-hybridized carbons (Fsp3) is 0. The van der Waals surface area contributed by atoms with Crippen LogP contribution >= 0.6 is 0 Å². The van der Waals surface area contributed by atoms with Crippen molar-refractivity contribution in [3.8, 4) is 0 Å². The molecule has 1 aromatic heterocycles. The molecule has 0 unspecified atom stereocenters. The van der Waals surface area contributed by atoms with Crippen molar-refractivity contribution >= 4 is 12.0 Å². The van der Waals surface area contributed by atoms with Crippen LogP contribution in [0.25, 0.3) is 0 Å². The monoisotopic (exact) mass is 141 g/mol. The maximum Gasteiger partial charge on any atom is 0.365 e. The molecule has 0 aliphatic heterocycles. The summed E-state index contributed by atoms with van der Waals surface area (Å²) in [5, 5.41) is 16.6. The van der Waals surface area contributed by atoms with E-state index in [1.807, 2.05) is 0 Å². The van der Waals surface area contributed by atoms with E-state index >= 15 is 0 Å². The Balaban J connectivity index is 2.56. The molecule has 0 aliphatic carbocycles. The highest BCUT2D eigenvalue weighted by atomic mass is 16.2. The van der Waals surface area contributed by atoms with Crippen LogP contribution in [0.2, 0.25) is 0 Å². The average molecular weight is 141 g/mol. The Labute approximate surface area is 54.5 Å². The SMILES string of the molecule is N=NC(=O)Nc1nn[nH]n1. The smallest absolute Gasteiger partial charge is 0.270 e. The molecule has 0 spiro atoms. The van der Waals surface area contributed by atoms with Gasteiger partial charge in [0.25, 0.3) is 5.95 Å². The van der Waals surface area contributed by atoms with Gasteiger partial charge in [0.1, 0.15) is 0 Å². The standard InChI is InChI=1S/C2H3N7O/c3-5-2(10)4-1-6-8-9-7-1/h3H,(H2,4,6,7,8,9,10). The summed E-state index contributed by atoms with van der Waals surface area (Å²) in [6, 6.07) is -0.832. The molecule has 0 aromatic carbocycles. The number of hydrogen-bond acceptors (Lipinski definition) is 5. The number of aromatic nitrogens is 4. The van der Waals surface area contributed by atoms with Gasteiger partial charge in [-0.25, -0.2) is 4.79 Å². The van der Waals surface area contributed by atoms with Crippen molar-refractivity contribution < 1.29 is 4.79 Å². The Bertz CT molecular complexity index is 226. The van der Waals surface area contributed by atoms with Crippen LogP contribution in [-0.2, 0) is 0 Å². The van der Waals surface area contributed by atoms with Crippen molar-refractivity contribution in [3.05, 3.63) is 0 Å². The maximum atomic E-state index is 10.3. The quantitative estimate of drug-likeness (QED) is 0.467. The van der Waals surface area contributed by atoms with Gasteiger partial charge in [-0.15, -0.1) is 5.10 Å². The van der Waals surface area contributed by atoms with Crippen LogP contribution < -0.4 is 5.32 Å². The van der Waals surface area contributed by atoms with Crippen LogP contribution in [0.5, 0.6) is 0 Å². The number of nitrogens with one attached hydrogen (secondary N) is 3. The van der Waals surface area contributed by atoms with Gasteiger partial charge in [-0.2, -0.15) is 10.7 Å². The van der Waals surface area contributed by atoms with Crippen LogP contribution in [0.4, 0.5) is 10.7 Å². The summed E-state index contributed by atoms with van der Waals surface area (Å²) in [6.45, 7) is 0. The van der Waals surface area contributed by atoms with Gasteiger partial charge in [0.05, 0.1) is 0 Å². The van der Waals surface area contributed by atoms with Crippen molar-refractivity contribution in [2.75, 3.05) is 5.32 Å². The van der Waals surface area contributed by atoms with Gasteiger partial charge < -0.3 is 0 Å². The molecule has 52 valence electrons. The van der Waals surface area contributed by atoms with Crippen molar-refractivity contribution in [1.82, 2.24) is 20.6 Å². The second kappa shape index (κ2) is 2.62. The van der Waals surface area contributed by atoms with Gasteiger partial charge in [-0.1, -0.05) is 10.2 Å². The number of anilines is 1. The molecule has 2 amide bonds. The molecule has 0 bridgehead atoms. The third-order valence-corrected chi connectivity index (χ3v) is 0.666. The van der Waals surface area contributed by atoms with E-state index in [0.717, 1.165) is 0 Å². The number of aromatic amines is 1. The number of carbonyl (C=O) groups excluding carboxylic acids is 1. The lowest BCUT2D eigenvalue weighted by Gasteiger charge is -1.87. The molecule has 0 fully saturated rings. The molecule has 0 aliphatic rings. The van der Waals surface area contributed by atoms with E-state index in [2.05, 4.69) is 31.1 Å². The van der Waals surface area contributed by atoms with Gasteiger partial charge in [0.2, 0.25) is 0 Å². The number of nitrogens with zero attached hydrogens (tertiary/aromatic N) is 4. The van der Waals surface area contributed by atoms with E-state index in [0.29, 0.717) is 0 Å². The van der Waals surface area contributed by atoms with Crippen molar-refractivity contribution in [2.24, 2.45) is 5.11 Å². The fourth-order valence-electron chi connectivity index (χ4n) is 0.338. The highest BCUT2D eigenvalue weighted by molar-refractivity contribution is 5.87. The molecule has 1 aromatic rings. The minimum atomic E-state index is -0.832. The molecule has 8 nitrogen and oxygen atoms in total. The maximum absolute atomic E-state index is 10.3. The lowest BCUT2D eigenvalue weighted by atomic mass is 10.9. The predicted molar refractivity (Wildman–Crippen MR) is 28.3 cm³/mol. The van der Waals surface area contributed by atoms with E-state index in [1.54, 1.807) is 0 Å². The molecule has 10 heavy (non-hydrogen) atoms. The van der Waals surface area contributed by atoms with Gasteiger partial charge in [-0.05, 0) is 5.21 Å². The first kappa shape index (κ1) is 6.26. The number of tetrazole rings is 1. The average Bonchev–Trinajstić information content (AvgIpc) is 2.40. The summed E-state index contributed by atoms with van der Waals surface area (Å²) in [5.74, 6) is 0.000926. The van der Waals surface area contributed by atoms with E-state index in [4.69, 9.17) is 5.53 Å². The van der Waals surface area contributed by atoms with Crippen molar-refractivity contribution in [3.63, 3.8) is 0 Å². The zero-order chi connectivity index (χ0) is 7.40. The minimum Gasteiger partial charge on any atom is -0.270 e. The van der Waals surface area contributed by atoms with Crippen molar-refractivity contribution in [2.45, 2.75) is 0 Å². The van der Waals surface area contributed by atoms with Crippen LogP contribution in [0.15, 0.2) is 5.11 Å². The first-order valence-electron chi connectivity index (χ1n) is 2.25. The third kappa shape index (κ3) is 1.31. The van der Waals surface area contributed by atoms with E-state index < -0.39 is 6.03 Å². The molecule has 1 heterocycles. The van der Waals surface area contributed by atoms with E-state index in [1.165, 1.54) is 0 Å². The summed E-state index contributed by atoms with van der Waals surface area (Å²) < 4.78 is 0. The molecular weight excluding hydrogens is 138 g/mol. The van der Waals surface area contributed by atoms with Gasteiger partial charge in [-0.3, -0.25) is 5.32 Å². The predicted octanol–water partition coefficient (Wildman–Crippen LogP) is -0.237. The van der Waals surface area contributed by atoms with E-state index in [9.17, 15) is 4.79 Å². The molecular formula is C2H3N7O. The molecule has 3 N–H and O–H groups in total. The summed E-state index contributed by atoms with van der Waals surface area (Å²) in [4.78, 5) is 10.3. The molecule has 0 saturated carbocycles. The van der Waals surface area contributed by atoms with Gasteiger partial charge in [0, 0.05) is 0 Å². The minimum absolute atomic E-state index is 0.000926. The lowest BCUT2D eigenvalue weighted by Crippen LogP contribution is -2.06. The zero-order valence-corrected chi connectivity index (χ0v) is 4.70. The molecule has 0 atom stereocenters. The first-order valence-corrected chi connectivity index (χ1v) is 2.25. The topological polar surface area (TPSA) is 120 Å². The Morgan fingerprint density at radius 3 is 3.10 bits per heavy atom. The summed E-state index contributed by atoms with van der Waals surface area (Å²) in [6.07, 6.45) is 0. The van der Waals surface area contributed by atoms with Crippen LogP contribution in [0.3, 0.4) is 0 Å². The highest BCUT2D eigenvalue weighted by Crippen LogP contribution is 1.90. The fourth-order valence-corrected chi connectivity index (χ4v) is 0.338. The summed E-state index contributed by atoms with van der Waals surface area (Å²) in [5.41, 5.74) is 6.24. The number of carbonyl (C=O) groups is 1.